The Bertz CT molecular complexity index is 785. The topological polar surface area (TPSA) is 38.9 Å². The van der Waals surface area contributed by atoms with Gasteiger partial charge in [0.2, 0.25) is 0 Å². The van der Waals surface area contributed by atoms with Gasteiger partial charge in [-0.3, -0.25) is 4.98 Å². The summed E-state index contributed by atoms with van der Waals surface area (Å²) in [6, 6.07) is 15.9. The molecule has 0 radical (unpaired) electrons. The molecule has 0 spiro atoms. The fourth-order valence-corrected chi connectivity index (χ4v) is 3.36. The number of rotatable bonds is 3. The van der Waals surface area contributed by atoms with Crippen LogP contribution in [-0.4, -0.2) is 4.98 Å². The lowest BCUT2D eigenvalue weighted by molar-refractivity contribution is 1.20. The van der Waals surface area contributed by atoms with Crippen LogP contribution in [0.1, 0.15) is 11.3 Å². The second-order valence-corrected chi connectivity index (χ2v) is 6.30. The molecule has 0 saturated carbocycles. The SMILES string of the molecule is Cc1c(Cl)c(CSc2ccc(N)cc2)nc2ccccc12. The molecule has 1 heterocycles. The van der Waals surface area contributed by atoms with Crippen molar-refractivity contribution in [3.8, 4) is 0 Å². The van der Waals surface area contributed by atoms with Crippen LogP contribution in [0.3, 0.4) is 0 Å². The number of fused-ring (bicyclic) bond motifs is 1. The molecule has 106 valence electrons. The molecule has 2 aromatic carbocycles. The average Bonchev–Trinajstić information content (AvgIpc) is 2.51. The van der Waals surface area contributed by atoms with Crippen LogP contribution in [0.2, 0.25) is 5.02 Å². The first-order valence-electron chi connectivity index (χ1n) is 6.67. The van der Waals surface area contributed by atoms with Crippen molar-refractivity contribution in [2.75, 3.05) is 5.73 Å². The summed E-state index contributed by atoms with van der Waals surface area (Å²) < 4.78 is 0. The second-order valence-electron chi connectivity index (χ2n) is 4.87. The Morgan fingerprint density at radius 2 is 1.81 bits per heavy atom. The number of halogens is 1. The van der Waals surface area contributed by atoms with E-state index in [1.807, 2.05) is 49.4 Å². The minimum atomic E-state index is 0.744. The van der Waals surface area contributed by atoms with E-state index in [4.69, 9.17) is 22.3 Å². The van der Waals surface area contributed by atoms with Gasteiger partial charge in [-0.1, -0.05) is 29.8 Å². The first-order chi connectivity index (χ1) is 10.1. The van der Waals surface area contributed by atoms with Gasteiger partial charge in [-0.2, -0.15) is 0 Å². The first-order valence-corrected chi connectivity index (χ1v) is 8.03. The van der Waals surface area contributed by atoms with Gasteiger partial charge in [0.1, 0.15) is 0 Å². The van der Waals surface area contributed by atoms with E-state index in [-0.39, 0.29) is 0 Å². The average molecular weight is 315 g/mol. The second kappa shape index (κ2) is 5.96. The third-order valence-electron chi connectivity index (χ3n) is 3.40. The highest BCUT2D eigenvalue weighted by atomic mass is 35.5. The van der Waals surface area contributed by atoms with Crippen molar-refractivity contribution in [1.29, 1.82) is 0 Å². The molecule has 0 unspecified atom stereocenters. The predicted molar refractivity (Wildman–Crippen MR) is 91.9 cm³/mol. The number of nitrogens with two attached hydrogens (primary N) is 1. The van der Waals surface area contributed by atoms with Crippen LogP contribution in [-0.2, 0) is 5.75 Å². The highest BCUT2D eigenvalue weighted by molar-refractivity contribution is 7.98. The Balaban J connectivity index is 1.90. The molecule has 3 aromatic rings. The van der Waals surface area contributed by atoms with Crippen molar-refractivity contribution < 1.29 is 0 Å². The maximum Gasteiger partial charge on any atom is 0.0709 e. The molecule has 0 amide bonds. The summed E-state index contributed by atoms with van der Waals surface area (Å²) in [6.45, 7) is 2.05. The van der Waals surface area contributed by atoms with E-state index in [1.54, 1.807) is 11.8 Å². The van der Waals surface area contributed by atoms with Crippen molar-refractivity contribution in [2.24, 2.45) is 0 Å². The number of hydrogen-bond acceptors (Lipinski definition) is 3. The summed E-state index contributed by atoms with van der Waals surface area (Å²) in [5.41, 5.74) is 9.48. The van der Waals surface area contributed by atoms with E-state index in [9.17, 15) is 0 Å². The van der Waals surface area contributed by atoms with Crippen molar-refractivity contribution in [3.05, 3.63) is 64.8 Å². The molecule has 21 heavy (non-hydrogen) atoms. The zero-order valence-corrected chi connectivity index (χ0v) is 13.2. The highest BCUT2D eigenvalue weighted by Gasteiger charge is 2.10. The van der Waals surface area contributed by atoms with Crippen molar-refractivity contribution >= 4 is 40.0 Å². The maximum atomic E-state index is 6.47. The normalized spacial score (nSPS) is 11.0. The third-order valence-corrected chi connectivity index (χ3v) is 4.93. The standard InChI is InChI=1S/C17H15ClN2S/c1-11-14-4-2-3-5-15(14)20-16(17(11)18)10-21-13-8-6-12(19)7-9-13/h2-9H,10,19H2,1H3. The summed E-state index contributed by atoms with van der Waals surface area (Å²) >= 11 is 8.18. The number of benzene rings is 2. The molecule has 2 nitrogen and oxygen atoms in total. The highest BCUT2D eigenvalue weighted by Crippen LogP contribution is 2.31. The lowest BCUT2D eigenvalue weighted by Gasteiger charge is -2.10. The first kappa shape index (κ1) is 14.2. The quantitative estimate of drug-likeness (QED) is 0.542. The molecule has 0 aliphatic rings. The summed E-state index contributed by atoms with van der Waals surface area (Å²) in [5.74, 6) is 0.744. The molecule has 2 N–H and O–H groups in total. The van der Waals surface area contributed by atoms with E-state index in [1.165, 1.54) is 0 Å². The van der Waals surface area contributed by atoms with Crippen molar-refractivity contribution in [3.63, 3.8) is 0 Å². The smallest absolute Gasteiger partial charge is 0.0709 e. The Kier molecular flexibility index (Phi) is 4.04. The van der Waals surface area contributed by atoms with Crippen LogP contribution in [0.25, 0.3) is 10.9 Å². The van der Waals surface area contributed by atoms with Crippen LogP contribution in [0, 0.1) is 6.92 Å². The van der Waals surface area contributed by atoms with E-state index in [0.717, 1.165) is 43.5 Å². The van der Waals surface area contributed by atoms with Gasteiger partial charge in [-0.25, -0.2) is 0 Å². The van der Waals surface area contributed by atoms with Crippen molar-refractivity contribution in [2.45, 2.75) is 17.6 Å². The number of anilines is 1. The fourth-order valence-electron chi connectivity index (χ4n) is 2.23. The molecule has 4 heteroatoms. The van der Waals surface area contributed by atoms with E-state index >= 15 is 0 Å². The van der Waals surface area contributed by atoms with Gasteiger partial charge in [0.05, 0.1) is 16.2 Å². The maximum absolute atomic E-state index is 6.47. The predicted octanol–water partition coefficient (Wildman–Crippen LogP) is 5.07. The molecular formula is C17H15ClN2S. The molecule has 0 bridgehead atoms. The van der Waals surface area contributed by atoms with Crippen molar-refractivity contribution in [1.82, 2.24) is 4.98 Å². The molecule has 0 atom stereocenters. The molecule has 3 rings (SSSR count). The molecule has 0 saturated heterocycles. The number of thioether (sulfide) groups is 1. The number of pyridine rings is 1. The summed E-state index contributed by atoms with van der Waals surface area (Å²) in [7, 11) is 0. The molecule has 0 aliphatic heterocycles. The Hall–Kier alpha value is -1.71. The zero-order chi connectivity index (χ0) is 14.8. The number of aromatic nitrogens is 1. The van der Waals surface area contributed by atoms with Gasteiger partial charge in [0.25, 0.3) is 0 Å². The van der Waals surface area contributed by atoms with Crippen LogP contribution >= 0.6 is 23.4 Å². The minimum absolute atomic E-state index is 0.744. The summed E-state index contributed by atoms with van der Waals surface area (Å²) in [6.07, 6.45) is 0. The molecular weight excluding hydrogens is 300 g/mol. The Morgan fingerprint density at radius 3 is 2.57 bits per heavy atom. The van der Waals surface area contributed by atoms with Crippen LogP contribution in [0.5, 0.6) is 0 Å². The number of hydrogen-bond donors (Lipinski definition) is 1. The van der Waals surface area contributed by atoms with Gasteiger partial charge in [0.15, 0.2) is 0 Å². The molecule has 0 fully saturated rings. The number of aryl methyl sites for hydroxylation is 1. The number of nitrogens with zero attached hydrogens (tertiary/aromatic N) is 1. The lowest BCUT2D eigenvalue weighted by Crippen LogP contribution is -1.94. The van der Waals surface area contributed by atoms with Crippen LogP contribution in [0.15, 0.2) is 53.4 Å². The van der Waals surface area contributed by atoms with Crippen LogP contribution in [0.4, 0.5) is 5.69 Å². The van der Waals surface area contributed by atoms with Gasteiger partial charge in [-0.05, 0) is 42.8 Å². The summed E-state index contributed by atoms with van der Waals surface area (Å²) in [5, 5.41) is 1.88. The number of para-hydroxylation sites is 1. The molecule has 1 aromatic heterocycles. The third kappa shape index (κ3) is 2.99. The molecule has 0 aliphatic carbocycles. The minimum Gasteiger partial charge on any atom is -0.399 e. The lowest BCUT2D eigenvalue weighted by atomic mass is 10.1. The Labute approximate surface area is 133 Å². The number of nitrogen functional groups attached to an aromatic ring is 1. The van der Waals surface area contributed by atoms with Gasteiger partial charge >= 0.3 is 0 Å². The monoisotopic (exact) mass is 314 g/mol. The van der Waals surface area contributed by atoms with E-state index in [0.29, 0.717) is 0 Å². The Morgan fingerprint density at radius 1 is 1.10 bits per heavy atom. The van der Waals surface area contributed by atoms with Crippen LogP contribution < -0.4 is 5.73 Å². The van der Waals surface area contributed by atoms with E-state index < -0.39 is 0 Å². The fraction of sp³-hybridized carbons (Fsp3) is 0.118. The summed E-state index contributed by atoms with van der Waals surface area (Å²) in [4.78, 5) is 5.85. The van der Waals surface area contributed by atoms with Gasteiger partial charge < -0.3 is 5.73 Å². The van der Waals surface area contributed by atoms with Gasteiger partial charge in [-0.15, -0.1) is 11.8 Å². The zero-order valence-electron chi connectivity index (χ0n) is 11.6. The van der Waals surface area contributed by atoms with Gasteiger partial charge in [0, 0.05) is 21.7 Å². The van der Waals surface area contributed by atoms with E-state index in [2.05, 4.69) is 6.07 Å². The largest absolute Gasteiger partial charge is 0.399 e.